The molecule has 3 aliphatic rings. The van der Waals surface area contributed by atoms with Gasteiger partial charge in [-0.05, 0) is 79.8 Å². The zero-order valence-electron chi connectivity index (χ0n) is 25.4. The van der Waals surface area contributed by atoms with E-state index < -0.39 is 13.5 Å². The second-order valence-corrected chi connectivity index (χ2v) is 19.0. The maximum atomic E-state index is 14.0. The third-order valence-electron chi connectivity index (χ3n) is 9.61. The number of ether oxygens (including phenoxy) is 1. The van der Waals surface area contributed by atoms with E-state index in [9.17, 15) is 9.59 Å². The normalized spacial score (nSPS) is 18.1. The van der Waals surface area contributed by atoms with E-state index in [0.717, 1.165) is 91.4 Å². The number of H-pyrrole nitrogens is 1. The highest BCUT2D eigenvalue weighted by Crippen LogP contribution is 2.49. The van der Waals surface area contributed by atoms with E-state index in [1.54, 1.807) is 4.90 Å². The standard InChI is InChI=1S/C32H45N5O3Si/c1-6-32(7-2)25-18-26-24(17-27(25)37(31(32)39)20-28(38)35-13-8-9-14-35)23-12-10-11-22-19-36(34-29(22)30(23)33-26)21-40-15-16-41(3,4)5/h17-19,33H,6-16,20-21H2,1-5H3. The minimum Gasteiger partial charge on any atom is -0.360 e. The molecule has 41 heavy (non-hydrogen) atoms. The van der Waals surface area contributed by atoms with Gasteiger partial charge in [0.25, 0.3) is 0 Å². The van der Waals surface area contributed by atoms with Crippen molar-refractivity contribution >= 4 is 36.5 Å². The van der Waals surface area contributed by atoms with Crippen LogP contribution in [-0.2, 0) is 39.3 Å². The third-order valence-corrected chi connectivity index (χ3v) is 11.3. The van der Waals surface area contributed by atoms with Crippen LogP contribution in [0.15, 0.2) is 18.3 Å². The van der Waals surface area contributed by atoms with Gasteiger partial charge < -0.3 is 19.5 Å². The van der Waals surface area contributed by atoms with Gasteiger partial charge in [0.05, 0.1) is 11.1 Å². The molecule has 8 nitrogen and oxygen atoms in total. The molecular weight excluding hydrogens is 530 g/mol. The van der Waals surface area contributed by atoms with Crippen LogP contribution in [0, 0.1) is 0 Å². The van der Waals surface area contributed by atoms with Crippen LogP contribution in [0.25, 0.3) is 22.3 Å². The van der Waals surface area contributed by atoms with Crippen molar-refractivity contribution in [3.63, 3.8) is 0 Å². The number of nitrogens with zero attached hydrogens (tertiary/aromatic N) is 4. The highest BCUT2D eigenvalue weighted by molar-refractivity contribution is 6.76. The number of hydrogen-bond acceptors (Lipinski definition) is 4. The predicted molar refractivity (Wildman–Crippen MR) is 166 cm³/mol. The van der Waals surface area contributed by atoms with E-state index in [2.05, 4.69) is 56.8 Å². The summed E-state index contributed by atoms with van der Waals surface area (Å²) in [7, 11) is -1.13. The van der Waals surface area contributed by atoms with Crippen LogP contribution in [0.1, 0.15) is 62.6 Å². The van der Waals surface area contributed by atoms with Crippen LogP contribution in [0.5, 0.6) is 0 Å². The summed E-state index contributed by atoms with van der Waals surface area (Å²) in [6.07, 6.45) is 8.62. The Morgan fingerprint density at radius 2 is 1.85 bits per heavy atom. The second-order valence-electron chi connectivity index (χ2n) is 13.4. The number of amides is 2. The quantitative estimate of drug-likeness (QED) is 0.256. The van der Waals surface area contributed by atoms with E-state index in [-0.39, 0.29) is 18.4 Å². The molecule has 0 spiro atoms. The Morgan fingerprint density at radius 3 is 2.56 bits per heavy atom. The number of rotatable bonds is 9. The summed E-state index contributed by atoms with van der Waals surface area (Å²) in [5.41, 5.74) is 7.01. The van der Waals surface area contributed by atoms with Crippen LogP contribution >= 0.6 is 0 Å². The summed E-state index contributed by atoms with van der Waals surface area (Å²) in [4.78, 5) is 34.6. The molecule has 0 unspecified atom stereocenters. The van der Waals surface area contributed by atoms with Gasteiger partial charge in [-0.2, -0.15) is 5.10 Å². The van der Waals surface area contributed by atoms with Crippen LogP contribution in [0.3, 0.4) is 0 Å². The lowest BCUT2D eigenvalue weighted by Crippen LogP contribution is -2.45. The smallest absolute Gasteiger partial charge is 0.242 e. The number of carbonyl (C=O) groups is 2. The fraction of sp³-hybridized carbons (Fsp3) is 0.594. The zero-order chi connectivity index (χ0) is 28.9. The first-order chi connectivity index (χ1) is 19.6. The van der Waals surface area contributed by atoms with Crippen LogP contribution in [-0.4, -0.2) is 65.8 Å². The van der Waals surface area contributed by atoms with Crippen molar-refractivity contribution in [3.8, 4) is 11.4 Å². The number of aryl methyl sites for hydroxylation is 2. The average Bonchev–Trinajstić information content (AvgIpc) is 3.70. The SMILES string of the molecule is CCC1(CC)C(=O)N(CC(=O)N2CCCC2)c2cc3c4c([nH]c3cc21)-c1nn(COCC[Si](C)(C)C)cc1CCC4. The maximum Gasteiger partial charge on any atom is 0.242 e. The number of aromatic nitrogens is 3. The fourth-order valence-corrected chi connectivity index (χ4v) is 7.80. The summed E-state index contributed by atoms with van der Waals surface area (Å²) < 4.78 is 7.94. The molecule has 220 valence electrons. The number of hydrogen-bond donors (Lipinski definition) is 1. The Morgan fingerprint density at radius 1 is 1.10 bits per heavy atom. The van der Waals surface area contributed by atoms with Gasteiger partial charge in [-0.25, -0.2) is 4.68 Å². The van der Waals surface area contributed by atoms with Gasteiger partial charge in [0.1, 0.15) is 19.0 Å². The van der Waals surface area contributed by atoms with Crippen molar-refractivity contribution in [2.45, 2.75) is 96.6 Å². The van der Waals surface area contributed by atoms with Gasteiger partial charge >= 0.3 is 0 Å². The van der Waals surface area contributed by atoms with Gasteiger partial charge in [-0.3, -0.25) is 9.59 Å². The Hall–Kier alpha value is -2.91. The Balaban J connectivity index is 1.36. The Labute approximate surface area is 244 Å². The highest BCUT2D eigenvalue weighted by atomic mass is 28.3. The molecule has 9 heteroatoms. The molecule has 2 aromatic heterocycles. The lowest BCUT2D eigenvalue weighted by Gasteiger charge is -2.26. The Kier molecular flexibility index (Phi) is 7.39. The van der Waals surface area contributed by atoms with Crippen molar-refractivity contribution in [2.24, 2.45) is 0 Å². The lowest BCUT2D eigenvalue weighted by atomic mass is 9.76. The minimum absolute atomic E-state index is 0.0556. The van der Waals surface area contributed by atoms with Crippen molar-refractivity contribution in [2.75, 3.05) is 31.1 Å². The molecular formula is C32H45N5O3Si. The zero-order valence-corrected chi connectivity index (χ0v) is 26.4. The summed E-state index contributed by atoms with van der Waals surface area (Å²) >= 11 is 0. The van der Waals surface area contributed by atoms with Gasteiger partial charge in [-0.15, -0.1) is 0 Å². The molecule has 0 bridgehead atoms. The molecule has 2 amide bonds. The number of likely N-dealkylation sites (tertiary alicyclic amines) is 1. The number of benzene rings is 1. The van der Waals surface area contributed by atoms with Crippen LogP contribution in [0.2, 0.25) is 25.7 Å². The van der Waals surface area contributed by atoms with E-state index in [1.807, 2.05) is 9.58 Å². The van der Waals surface area contributed by atoms with Crippen LogP contribution in [0.4, 0.5) is 5.69 Å². The molecule has 2 aliphatic heterocycles. The van der Waals surface area contributed by atoms with E-state index in [4.69, 9.17) is 9.84 Å². The topological polar surface area (TPSA) is 83.5 Å². The lowest BCUT2D eigenvalue weighted by molar-refractivity contribution is -0.131. The molecule has 0 atom stereocenters. The van der Waals surface area contributed by atoms with Crippen LogP contribution < -0.4 is 4.90 Å². The Bertz CT molecular complexity index is 1470. The van der Waals surface area contributed by atoms with Crippen molar-refractivity contribution < 1.29 is 14.3 Å². The van der Waals surface area contributed by atoms with E-state index in [1.165, 1.54) is 11.1 Å². The largest absolute Gasteiger partial charge is 0.360 e. The summed E-state index contributed by atoms with van der Waals surface area (Å²) in [5, 5.41) is 6.13. The van der Waals surface area contributed by atoms with Gasteiger partial charge in [-0.1, -0.05) is 33.5 Å². The van der Waals surface area contributed by atoms with E-state index >= 15 is 0 Å². The average molecular weight is 576 g/mol. The van der Waals surface area contributed by atoms with Crippen molar-refractivity contribution in [1.82, 2.24) is 19.7 Å². The van der Waals surface area contributed by atoms with E-state index in [0.29, 0.717) is 19.6 Å². The molecule has 4 heterocycles. The summed E-state index contributed by atoms with van der Waals surface area (Å²) in [6.45, 7) is 14.2. The predicted octanol–water partition coefficient (Wildman–Crippen LogP) is 5.86. The minimum atomic E-state index is -1.13. The monoisotopic (exact) mass is 575 g/mol. The summed E-state index contributed by atoms with van der Waals surface area (Å²) in [6, 6.07) is 5.52. The highest BCUT2D eigenvalue weighted by Gasteiger charge is 2.49. The van der Waals surface area contributed by atoms with Gasteiger partial charge in [0.2, 0.25) is 11.8 Å². The molecule has 1 aromatic carbocycles. The molecule has 1 aliphatic carbocycles. The third kappa shape index (κ3) is 4.95. The first-order valence-electron chi connectivity index (χ1n) is 15.6. The van der Waals surface area contributed by atoms with Gasteiger partial charge in [0.15, 0.2) is 0 Å². The first-order valence-corrected chi connectivity index (χ1v) is 19.3. The number of fused-ring (bicyclic) bond motifs is 6. The second kappa shape index (κ2) is 10.7. The number of aromatic amines is 1. The molecule has 0 saturated carbocycles. The number of anilines is 1. The molecule has 6 rings (SSSR count). The molecule has 1 fully saturated rings. The summed E-state index contributed by atoms with van der Waals surface area (Å²) in [5.74, 6) is 0.124. The number of carbonyl (C=O) groups excluding carboxylic acids is 2. The molecule has 1 saturated heterocycles. The molecule has 0 radical (unpaired) electrons. The number of nitrogens with one attached hydrogen (secondary N) is 1. The van der Waals surface area contributed by atoms with Crippen molar-refractivity contribution in [1.29, 1.82) is 0 Å². The van der Waals surface area contributed by atoms with Crippen molar-refractivity contribution in [3.05, 3.63) is 35.0 Å². The molecule has 1 N–H and O–H groups in total. The maximum absolute atomic E-state index is 14.0. The fourth-order valence-electron chi connectivity index (χ4n) is 7.04. The van der Waals surface area contributed by atoms with Gasteiger partial charge in [0, 0.05) is 50.6 Å². The molecule has 3 aromatic rings. The first kappa shape index (κ1) is 28.2.